The molecule has 0 amide bonds. The van der Waals surface area contributed by atoms with Crippen LogP contribution in [0.4, 0.5) is 0 Å². The number of hydrogen-bond donors (Lipinski definition) is 1. The molecule has 0 fully saturated rings. The second-order valence-corrected chi connectivity index (χ2v) is 4.47. The molecule has 1 aromatic heterocycles. The smallest absolute Gasteiger partial charge is 0.275 e. The average molecular weight is 294 g/mol. The Balaban J connectivity index is 2.68. The standard InChI is InChI=1S/C10H7Cl3N2O2/c1-17-8-4-9(16)15(14-8)10-6(12)2-5(11)3-7(10)13/h2-4,14H,1H3. The second kappa shape index (κ2) is 4.64. The van der Waals surface area contributed by atoms with Gasteiger partial charge in [-0.05, 0) is 12.1 Å². The number of hydrogen-bond acceptors (Lipinski definition) is 2. The van der Waals surface area contributed by atoms with Crippen molar-refractivity contribution in [2.45, 2.75) is 0 Å². The van der Waals surface area contributed by atoms with Crippen molar-refractivity contribution in [1.29, 1.82) is 0 Å². The molecule has 17 heavy (non-hydrogen) atoms. The van der Waals surface area contributed by atoms with Gasteiger partial charge in [0.25, 0.3) is 5.56 Å². The first kappa shape index (κ1) is 12.4. The third-order valence-electron chi connectivity index (χ3n) is 2.12. The summed E-state index contributed by atoms with van der Waals surface area (Å²) in [5.74, 6) is 0.317. The van der Waals surface area contributed by atoms with Gasteiger partial charge in [0.1, 0.15) is 5.69 Å². The van der Waals surface area contributed by atoms with Gasteiger partial charge in [0.15, 0.2) is 0 Å². The van der Waals surface area contributed by atoms with Crippen LogP contribution in [0.5, 0.6) is 5.88 Å². The quantitative estimate of drug-likeness (QED) is 0.924. The third kappa shape index (κ3) is 2.29. The van der Waals surface area contributed by atoms with Crippen LogP contribution in [0.3, 0.4) is 0 Å². The largest absolute Gasteiger partial charge is 0.481 e. The molecule has 0 radical (unpaired) electrons. The molecule has 2 aromatic rings. The number of methoxy groups -OCH3 is 1. The van der Waals surface area contributed by atoms with Gasteiger partial charge in [0.05, 0.1) is 23.2 Å². The third-order valence-corrected chi connectivity index (χ3v) is 2.92. The van der Waals surface area contributed by atoms with Crippen LogP contribution in [0, 0.1) is 0 Å². The summed E-state index contributed by atoms with van der Waals surface area (Å²) in [5, 5.41) is 3.66. The van der Waals surface area contributed by atoms with Crippen molar-refractivity contribution < 1.29 is 4.74 Å². The highest BCUT2D eigenvalue weighted by molar-refractivity contribution is 6.40. The summed E-state index contributed by atoms with van der Waals surface area (Å²) in [7, 11) is 1.45. The van der Waals surface area contributed by atoms with Crippen molar-refractivity contribution in [3.05, 3.63) is 43.6 Å². The molecule has 0 aliphatic heterocycles. The zero-order valence-electron chi connectivity index (χ0n) is 8.63. The van der Waals surface area contributed by atoms with Gasteiger partial charge in [-0.15, -0.1) is 0 Å². The number of H-pyrrole nitrogens is 1. The summed E-state index contributed by atoms with van der Waals surface area (Å²) in [6.45, 7) is 0. The highest BCUT2D eigenvalue weighted by atomic mass is 35.5. The number of aromatic nitrogens is 2. The normalized spacial score (nSPS) is 10.6. The van der Waals surface area contributed by atoms with Gasteiger partial charge >= 0.3 is 0 Å². The molecular weight excluding hydrogens is 286 g/mol. The molecule has 2 rings (SSSR count). The second-order valence-electron chi connectivity index (χ2n) is 3.22. The lowest BCUT2D eigenvalue weighted by atomic mass is 10.3. The number of benzene rings is 1. The van der Waals surface area contributed by atoms with Crippen LogP contribution >= 0.6 is 34.8 Å². The van der Waals surface area contributed by atoms with E-state index in [1.807, 2.05) is 0 Å². The van der Waals surface area contributed by atoms with Gasteiger partial charge in [-0.3, -0.25) is 9.89 Å². The molecule has 1 heterocycles. The fraction of sp³-hybridized carbons (Fsp3) is 0.100. The van der Waals surface area contributed by atoms with E-state index in [1.54, 1.807) is 0 Å². The van der Waals surface area contributed by atoms with Gasteiger partial charge < -0.3 is 4.74 Å². The van der Waals surface area contributed by atoms with E-state index in [9.17, 15) is 4.79 Å². The Morgan fingerprint density at radius 2 is 1.76 bits per heavy atom. The molecular formula is C10H7Cl3N2O2. The summed E-state index contributed by atoms with van der Waals surface area (Å²) < 4.78 is 6.11. The first-order valence-corrected chi connectivity index (χ1v) is 5.67. The topological polar surface area (TPSA) is 47.0 Å². The van der Waals surface area contributed by atoms with E-state index in [4.69, 9.17) is 39.5 Å². The van der Waals surface area contributed by atoms with Gasteiger partial charge in [-0.1, -0.05) is 34.8 Å². The predicted molar refractivity (Wildman–Crippen MR) is 68.0 cm³/mol. The number of ether oxygens (including phenoxy) is 1. The van der Waals surface area contributed by atoms with Crippen molar-refractivity contribution >= 4 is 34.8 Å². The fourth-order valence-electron chi connectivity index (χ4n) is 1.39. The summed E-state index contributed by atoms with van der Waals surface area (Å²) in [4.78, 5) is 11.7. The Morgan fingerprint density at radius 1 is 1.18 bits per heavy atom. The lowest BCUT2D eigenvalue weighted by molar-refractivity contribution is 0.394. The van der Waals surface area contributed by atoms with E-state index in [-0.39, 0.29) is 15.6 Å². The molecule has 0 saturated carbocycles. The van der Waals surface area contributed by atoms with Gasteiger partial charge in [-0.25, -0.2) is 4.68 Å². The fourth-order valence-corrected chi connectivity index (χ4v) is 2.38. The Bertz CT molecular complexity index is 595. The van der Waals surface area contributed by atoms with Crippen LogP contribution in [0.2, 0.25) is 15.1 Å². The minimum atomic E-state index is -0.326. The van der Waals surface area contributed by atoms with Crippen LogP contribution in [0.15, 0.2) is 23.0 Å². The van der Waals surface area contributed by atoms with Crippen molar-refractivity contribution in [3.63, 3.8) is 0 Å². The van der Waals surface area contributed by atoms with Crippen LogP contribution < -0.4 is 10.3 Å². The molecule has 7 heteroatoms. The zero-order chi connectivity index (χ0) is 12.6. The number of nitrogens with zero attached hydrogens (tertiary/aromatic N) is 1. The van der Waals surface area contributed by atoms with E-state index in [1.165, 1.54) is 30.0 Å². The van der Waals surface area contributed by atoms with Gasteiger partial charge in [-0.2, -0.15) is 0 Å². The Morgan fingerprint density at radius 3 is 2.24 bits per heavy atom. The molecule has 0 atom stereocenters. The predicted octanol–water partition coefficient (Wildman–Crippen LogP) is 3.13. The zero-order valence-corrected chi connectivity index (χ0v) is 10.9. The molecule has 0 aliphatic carbocycles. The number of halogens is 3. The molecule has 0 bridgehead atoms. The summed E-state index contributed by atoms with van der Waals surface area (Å²) in [6.07, 6.45) is 0. The Labute approximate surface area is 112 Å². The molecule has 0 spiro atoms. The number of nitrogens with one attached hydrogen (secondary N) is 1. The van der Waals surface area contributed by atoms with E-state index in [2.05, 4.69) is 5.10 Å². The number of rotatable bonds is 2. The maximum atomic E-state index is 11.7. The van der Waals surface area contributed by atoms with Crippen LogP contribution in [-0.2, 0) is 0 Å². The molecule has 0 saturated heterocycles. The highest BCUT2D eigenvalue weighted by Gasteiger charge is 2.13. The van der Waals surface area contributed by atoms with E-state index in [0.717, 1.165) is 0 Å². The van der Waals surface area contributed by atoms with Crippen molar-refractivity contribution in [2.24, 2.45) is 0 Å². The van der Waals surface area contributed by atoms with Crippen molar-refractivity contribution in [2.75, 3.05) is 7.11 Å². The molecule has 1 N–H and O–H groups in total. The minimum Gasteiger partial charge on any atom is -0.481 e. The Hall–Kier alpha value is -1.10. The lowest BCUT2D eigenvalue weighted by Crippen LogP contribution is -2.14. The van der Waals surface area contributed by atoms with Crippen molar-refractivity contribution in [1.82, 2.24) is 9.78 Å². The highest BCUT2D eigenvalue weighted by Crippen LogP contribution is 2.31. The maximum absolute atomic E-state index is 11.7. The van der Waals surface area contributed by atoms with Crippen LogP contribution in [0.25, 0.3) is 5.69 Å². The monoisotopic (exact) mass is 292 g/mol. The average Bonchev–Trinajstić information content (AvgIpc) is 2.59. The van der Waals surface area contributed by atoms with E-state index in [0.29, 0.717) is 16.6 Å². The lowest BCUT2D eigenvalue weighted by Gasteiger charge is -2.07. The molecule has 1 aromatic carbocycles. The summed E-state index contributed by atoms with van der Waals surface area (Å²) in [6, 6.07) is 4.30. The first-order valence-electron chi connectivity index (χ1n) is 4.54. The molecule has 4 nitrogen and oxygen atoms in total. The van der Waals surface area contributed by atoms with Crippen molar-refractivity contribution in [3.8, 4) is 11.6 Å². The van der Waals surface area contributed by atoms with Gasteiger partial charge in [0, 0.05) is 5.02 Å². The maximum Gasteiger partial charge on any atom is 0.275 e. The SMILES string of the molecule is COc1cc(=O)n(-c2c(Cl)cc(Cl)cc2Cl)[nH]1. The minimum absolute atomic E-state index is 0.272. The molecule has 90 valence electrons. The number of aromatic amines is 1. The van der Waals surface area contributed by atoms with Crippen LogP contribution in [0.1, 0.15) is 0 Å². The first-order chi connectivity index (χ1) is 8.02. The van der Waals surface area contributed by atoms with Gasteiger partial charge in [0.2, 0.25) is 5.88 Å². The Kier molecular flexibility index (Phi) is 3.38. The van der Waals surface area contributed by atoms with E-state index >= 15 is 0 Å². The summed E-state index contributed by atoms with van der Waals surface area (Å²) >= 11 is 17.8. The molecule has 0 unspecified atom stereocenters. The van der Waals surface area contributed by atoms with E-state index < -0.39 is 0 Å². The van der Waals surface area contributed by atoms with Crippen LogP contribution in [-0.4, -0.2) is 16.9 Å². The molecule has 0 aliphatic rings. The summed E-state index contributed by atoms with van der Waals surface area (Å²) in [5.41, 5.74) is 0.0130.